The fourth-order valence-corrected chi connectivity index (χ4v) is 4.39. The molecule has 1 amide bonds. The summed E-state index contributed by atoms with van der Waals surface area (Å²) < 4.78 is 6.40. The zero-order valence-electron chi connectivity index (χ0n) is 20.8. The van der Waals surface area contributed by atoms with Gasteiger partial charge in [0.05, 0.1) is 24.3 Å². The first-order valence-electron chi connectivity index (χ1n) is 12.1. The van der Waals surface area contributed by atoms with Crippen molar-refractivity contribution in [1.29, 1.82) is 5.26 Å². The summed E-state index contributed by atoms with van der Waals surface area (Å²) in [4.78, 5) is 26.3. The van der Waals surface area contributed by atoms with Crippen LogP contribution in [0, 0.1) is 17.2 Å². The number of amides is 1. The van der Waals surface area contributed by atoms with Crippen molar-refractivity contribution in [3.05, 3.63) is 77.7 Å². The van der Waals surface area contributed by atoms with Gasteiger partial charge >= 0.3 is 0 Å². The number of benzene rings is 1. The van der Waals surface area contributed by atoms with Crippen LogP contribution < -0.4 is 4.74 Å². The van der Waals surface area contributed by atoms with Gasteiger partial charge in [-0.05, 0) is 49.4 Å². The zero-order chi connectivity index (χ0) is 25.7. The van der Waals surface area contributed by atoms with Gasteiger partial charge in [-0.15, -0.1) is 0 Å². The molecule has 186 valence electrons. The molecule has 0 unspecified atom stereocenters. The van der Waals surface area contributed by atoms with Crippen molar-refractivity contribution in [2.45, 2.75) is 32.5 Å². The normalized spacial score (nSPS) is 18.6. The van der Waals surface area contributed by atoms with E-state index in [4.69, 9.17) is 10.00 Å². The number of hydrogen-bond donors (Lipinski definition) is 1. The molecule has 4 rings (SSSR count). The molecule has 3 atom stereocenters. The second-order valence-corrected chi connectivity index (χ2v) is 9.45. The second-order valence-electron chi connectivity index (χ2n) is 9.45. The molecular formula is C28H31N5O3. The van der Waals surface area contributed by atoms with Crippen LogP contribution in [0.25, 0.3) is 11.1 Å². The van der Waals surface area contributed by atoms with Crippen LogP contribution >= 0.6 is 0 Å². The quantitative estimate of drug-likeness (QED) is 0.547. The fourth-order valence-electron chi connectivity index (χ4n) is 4.39. The molecule has 0 saturated heterocycles. The van der Waals surface area contributed by atoms with Crippen molar-refractivity contribution in [3.8, 4) is 23.1 Å². The minimum atomic E-state index is -0.349. The molecule has 0 aliphatic carbocycles. The lowest BCUT2D eigenvalue weighted by molar-refractivity contribution is 0.0325. The van der Waals surface area contributed by atoms with E-state index in [1.165, 1.54) is 0 Å². The van der Waals surface area contributed by atoms with Gasteiger partial charge in [-0.3, -0.25) is 14.7 Å². The summed E-state index contributed by atoms with van der Waals surface area (Å²) >= 11 is 0. The van der Waals surface area contributed by atoms with Crippen molar-refractivity contribution in [2.24, 2.45) is 5.92 Å². The van der Waals surface area contributed by atoms with Crippen molar-refractivity contribution in [3.63, 3.8) is 0 Å². The number of nitrogens with zero attached hydrogens (tertiary/aromatic N) is 5. The van der Waals surface area contributed by atoms with Crippen molar-refractivity contribution in [2.75, 3.05) is 26.7 Å². The van der Waals surface area contributed by atoms with Gasteiger partial charge in [0.2, 0.25) is 5.88 Å². The molecule has 8 heteroatoms. The molecule has 2 aromatic heterocycles. The van der Waals surface area contributed by atoms with Gasteiger partial charge in [0.15, 0.2) is 0 Å². The van der Waals surface area contributed by atoms with Crippen molar-refractivity contribution in [1.82, 2.24) is 19.8 Å². The standard InChI is InChI=1S/C28H31N5O3/c1-19-15-33(20(2)18-34)28(35)25-11-24(23-8-6-21(12-29)7-9-23)14-31-27(25)36-26(19)17-32(3)16-22-5-4-10-30-13-22/h4-11,13-14,19-20,26,34H,15-18H2,1-3H3/t19-,20-,26+/m0/s1. The predicted octanol–water partition coefficient (Wildman–Crippen LogP) is 3.37. The molecule has 1 aliphatic rings. The third-order valence-electron chi connectivity index (χ3n) is 6.54. The minimum absolute atomic E-state index is 0.00690. The lowest BCUT2D eigenvalue weighted by atomic mass is 9.99. The largest absolute Gasteiger partial charge is 0.472 e. The Kier molecular flexibility index (Phi) is 7.93. The van der Waals surface area contributed by atoms with Gasteiger partial charge in [0, 0.05) is 49.7 Å². The molecule has 0 fully saturated rings. The van der Waals surface area contributed by atoms with E-state index >= 15 is 0 Å². The number of fused-ring (bicyclic) bond motifs is 1. The highest BCUT2D eigenvalue weighted by Crippen LogP contribution is 2.30. The Balaban J connectivity index is 1.66. The van der Waals surface area contributed by atoms with Crippen LogP contribution in [0.15, 0.2) is 61.1 Å². The van der Waals surface area contributed by atoms with Crippen molar-refractivity contribution < 1.29 is 14.6 Å². The van der Waals surface area contributed by atoms with Gasteiger partial charge in [-0.2, -0.15) is 5.26 Å². The summed E-state index contributed by atoms with van der Waals surface area (Å²) in [6.07, 6.45) is 5.08. The number of aliphatic hydroxyl groups excluding tert-OH is 1. The number of carbonyl (C=O) groups is 1. The van der Waals surface area contributed by atoms with E-state index in [-0.39, 0.29) is 30.6 Å². The topological polar surface area (TPSA) is 103 Å². The Morgan fingerprint density at radius 3 is 2.69 bits per heavy atom. The van der Waals surface area contributed by atoms with Gasteiger partial charge < -0.3 is 14.7 Å². The maximum absolute atomic E-state index is 13.6. The van der Waals surface area contributed by atoms with Crippen LogP contribution in [0.4, 0.5) is 0 Å². The smallest absolute Gasteiger partial charge is 0.259 e. The third-order valence-corrected chi connectivity index (χ3v) is 6.54. The molecule has 8 nitrogen and oxygen atoms in total. The van der Waals surface area contributed by atoms with Crippen LogP contribution in [-0.2, 0) is 6.54 Å². The molecule has 36 heavy (non-hydrogen) atoms. The summed E-state index contributed by atoms with van der Waals surface area (Å²) in [5.41, 5.74) is 3.64. The number of carbonyl (C=O) groups excluding carboxylic acids is 1. The Morgan fingerprint density at radius 2 is 2.03 bits per heavy atom. The zero-order valence-corrected chi connectivity index (χ0v) is 20.8. The monoisotopic (exact) mass is 485 g/mol. The highest BCUT2D eigenvalue weighted by molar-refractivity contribution is 5.98. The van der Waals surface area contributed by atoms with E-state index in [1.807, 2.05) is 44.4 Å². The average molecular weight is 486 g/mol. The third kappa shape index (κ3) is 5.70. The summed E-state index contributed by atoms with van der Waals surface area (Å²) in [6.45, 7) is 5.56. The summed E-state index contributed by atoms with van der Waals surface area (Å²) in [7, 11) is 2.03. The molecule has 0 saturated carbocycles. The SMILES string of the molecule is C[C@H]1CN([C@@H](C)CO)C(=O)c2cc(-c3ccc(C#N)cc3)cnc2O[C@@H]1CN(C)Cc1cccnc1. The Hall–Kier alpha value is -3.80. The molecule has 0 radical (unpaired) electrons. The van der Waals surface area contributed by atoms with Gasteiger partial charge in [0.1, 0.15) is 11.7 Å². The summed E-state index contributed by atoms with van der Waals surface area (Å²) in [5, 5.41) is 19.0. The highest BCUT2D eigenvalue weighted by Gasteiger charge is 2.34. The molecule has 3 aromatic rings. The number of hydrogen-bond acceptors (Lipinski definition) is 7. The van der Waals surface area contributed by atoms with Gasteiger partial charge in [-0.1, -0.05) is 25.1 Å². The van der Waals surface area contributed by atoms with Crippen LogP contribution in [0.3, 0.4) is 0 Å². The molecular weight excluding hydrogens is 454 g/mol. The first kappa shape index (κ1) is 25.3. The lowest BCUT2D eigenvalue weighted by Gasteiger charge is -2.37. The number of rotatable bonds is 7. The van der Waals surface area contributed by atoms with E-state index in [0.717, 1.165) is 16.7 Å². The van der Waals surface area contributed by atoms with E-state index in [9.17, 15) is 9.90 Å². The lowest BCUT2D eigenvalue weighted by Crippen LogP contribution is -2.49. The average Bonchev–Trinajstić information content (AvgIpc) is 2.90. The molecule has 3 heterocycles. The van der Waals surface area contributed by atoms with E-state index in [0.29, 0.717) is 36.6 Å². The molecule has 1 aromatic carbocycles. The molecule has 1 N–H and O–H groups in total. The molecule has 1 aliphatic heterocycles. The van der Waals surface area contributed by atoms with E-state index in [2.05, 4.69) is 27.9 Å². The maximum Gasteiger partial charge on any atom is 0.259 e. The first-order chi connectivity index (χ1) is 17.4. The number of aliphatic hydroxyl groups is 1. The second kappa shape index (κ2) is 11.3. The fraction of sp³-hybridized carbons (Fsp3) is 0.357. The van der Waals surface area contributed by atoms with Crippen LogP contribution in [0.2, 0.25) is 0 Å². The van der Waals surface area contributed by atoms with Crippen molar-refractivity contribution >= 4 is 5.91 Å². The van der Waals surface area contributed by atoms with Crippen LogP contribution in [-0.4, -0.2) is 69.7 Å². The number of likely N-dealkylation sites (N-methyl/N-ethyl adjacent to an activating group) is 1. The number of ether oxygens (including phenoxy) is 1. The van der Waals surface area contributed by atoms with Crippen LogP contribution in [0.5, 0.6) is 5.88 Å². The summed E-state index contributed by atoms with van der Waals surface area (Å²) in [5.74, 6) is 0.0786. The molecule has 0 spiro atoms. The Labute approximate surface area is 211 Å². The summed E-state index contributed by atoms with van der Waals surface area (Å²) in [6, 6.07) is 14.7. The van der Waals surface area contributed by atoms with E-state index < -0.39 is 0 Å². The Morgan fingerprint density at radius 1 is 1.25 bits per heavy atom. The number of aromatic nitrogens is 2. The van der Waals surface area contributed by atoms with E-state index in [1.54, 1.807) is 35.5 Å². The predicted molar refractivity (Wildman–Crippen MR) is 136 cm³/mol. The highest BCUT2D eigenvalue weighted by atomic mass is 16.5. The first-order valence-corrected chi connectivity index (χ1v) is 12.1. The maximum atomic E-state index is 13.6. The van der Waals surface area contributed by atoms with Crippen LogP contribution in [0.1, 0.15) is 35.3 Å². The Bertz CT molecular complexity index is 1230. The van der Waals surface area contributed by atoms with Gasteiger partial charge in [0.25, 0.3) is 5.91 Å². The minimum Gasteiger partial charge on any atom is -0.472 e. The number of nitriles is 1. The molecule has 0 bridgehead atoms. The number of pyridine rings is 2. The van der Waals surface area contributed by atoms with Gasteiger partial charge in [-0.25, -0.2) is 4.98 Å².